The highest BCUT2D eigenvalue weighted by Crippen LogP contribution is 2.33. The van der Waals surface area contributed by atoms with Gasteiger partial charge in [0.15, 0.2) is 0 Å². The van der Waals surface area contributed by atoms with Crippen LogP contribution in [0.5, 0.6) is 0 Å². The molecule has 0 saturated carbocycles. The third-order valence-electron chi connectivity index (χ3n) is 3.90. The summed E-state index contributed by atoms with van der Waals surface area (Å²) in [7, 11) is 0. The molecule has 1 saturated heterocycles. The lowest BCUT2D eigenvalue weighted by Crippen LogP contribution is -2.28. The second-order valence-corrected chi connectivity index (χ2v) is 6.91. The smallest absolute Gasteiger partial charge is 0.147 e. The summed E-state index contributed by atoms with van der Waals surface area (Å²) in [6.45, 7) is 12.9. The molecular formula is C18H26FNO. The van der Waals surface area contributed by atoms with Gasteiger partial charge in [-0.3, -0.25) is 0 Å². The maximum Gasteiger partial charge on any atom is 0.147 e. The van der Waals surface area contributed by atoms with E-state index in [1.54, 1.807) is 6.07 Å². The maximum absolute atomic E-state index is 14.6. The second kappa shape index (κ2) is 6.18. The molecule has 1 unspecified atom stereocenters. The van der Waals surface area contributed by atoms with Crippen LogP contribution in [0.25, 0.3) is 5.57 Å². The number of hydrogen-bond donors (Lipinski definition) is 1. The normalized spacial score (nSPS) is 19.4. The van der Waals surface area contributed by atoms with E-state index in [-0.39, 0.29) is 17.5 Å². The van der Waals surface area contributed by atoms with Crippen LogP contribution < -0.4 is 5.32 Å². The van der Waals surface area contributed by atoms with Crippen molar-refractivity contribution in [1.82, 2.24) is 0 Å². The molecular weight excluding hydrogens is 265 g/mol. The van der Waals surface area contributed by atoms with Crippen molar-refractivity contribution in [2.24, 2.45) is 0 Å². The van der Waals surface area contributed by atoms with Gasteiger partial charge < -0.3 is 10.1 Å². The van der Waals surface area contributed by atoms with Gasteiger partial charge >= 0.3 is 0 Å². The first-order valence-corrected chi connectivity index (χ1v) is 7.67. The number of nitrogens with one attached hydrogen (secondary N) is 1. The Labute approximate surface area is 127 Å². The predicted octanol–water partition coefficient (Wildman–Crippen LogP) is 5.09. The Kier molecular flexibility index (Phi) is 4.72. The van der Waals surface area contributed by atoms with Crippen molar-refractivity contribution in [2.75, 3.05) is 11.9 Å². The molecule has 2 rings (SSSR count). The van der Waals surface area contributed by atoms with Crippen LogP contribution >= 0.6 is 0 Å². The van der Waals surface area contributed by atoms with E-state index in [1.807, 2.05) is 13.0 Å². The van der Waals surface area contributed by atoms with E-state index in [0.29, 0.717) is 5.69 Å². The topological polar surface area (TPSA) is 21.3 Å². The summed E-state index contributed by atoms with van der Waals surface area (Å²) in [5, 5.41) is 3.22. The summed E-state index contributed by atoms with van der Waals surface area (Å²) in [4.78, 5) is 0. The number of ether oxygens (including phenoxy) is 1. The van der Waals surface area contributed by atoms with Gasteiger partial charge in [0, 0.05) is 12.2 Å². The van der Waals surface area contributed by atoms with Crippen molar-refractivity contribution in [1.29, 1.82) is 0 Å². The minimum atomic E-state index is -0.227. The summed E-state index contributed by atoms with van der Waals surface area (Å²) in [6, 6.07) is 3.66. The monoisotopic (exact) mass is 291 g/mol. The zero-order valence-electron chi connectivity index (χ0n) is 13.6. The van der Waals surface area contributed by atoms with Gasteiger partial charge in [0.05, 0.1) is 5.69 Å². The van der Waals surface area contributed by atoms with Crippen molar-refractivity contribution in [3.63, 3.8) is 0 Å². The fourth-order valence-corrected chi connectivity index (χ4v) is 2.54. The fraction of sp³-hybridized carbons (Fsp3) is 0.556. The van der Waals surface area contributed by atoms with Crippen LogP contribution in [0, 0.1) is 5.82 Å². The molecule has 1 aliphatic heterocycles. The van der Waals surface area contributed by atoms with Crippen LogP contribution in [0.1, 0.15) is 58.1 Å². The van der Waals surface area contributed by atoms with E-state index < -0.39 is 0 Å². The molecule has 21 heavy (non-hydrogen) atoms. The van der Waals surface area contributed by atoms with Crippen LogP contribution in [0.3, 0.4) is 0 Å². The van der Waals surface area contributed by atoms with E-state index in [0.717, 1.165) is 42.6 Å². The third kappa shape index (κ3) is 3.85. The standard InChI is InChI=1S/C18H26FNO/c1-12(2)14-10-13(18(3,4)5)11-15(19)17(14)20-16-8-6-7-9-21-16/h10-11,16,20H,1,6-9H2,2-5H3. The van der Waals surface area contributed by atoms with Gasteiger partial charge in [-0.15, -0.1) is 0 Å². The molecule has 1 aromatic rings. The lowest BCUT2D eigenvalue weighted by Gasteiger charge is -2.27. The van der Waals surface area contributed by atoms with Gasteiger partial charge in [0.25, 0.3) is 0 Å². The molecule has 0 bridgehead atoms. The quantitative estimate of drug-likeness (QED) is 0.837. The summed E-state index contributed by atoms with van der Waals surface area (Å²) in [5.74, 6) is -0.227. The fourth-order valence-electron chi connectivity index (χ4n) is 2.54. The van der Waals surface area contributed by atoms with Crippen molar-refractivity contribution in [3.05, 3.63) is 35.7 Å². The number of hydrogen-bond acceptors (Lipinski definition) is 2. The first-order chi connectivity index (χ1) is 9.79. The summed E-state index contributed by atoms with van der Waals surface area (Å²) < 4.78 is 20.3. The minimum Gasteiger partial charge on any atom is -0.359 e. The SMILES string of the molecule is C=C(C)c1cc(C(C)(C)C)cc(F)c1NC1CCCCO1. The molecule has 0 amide bonds. The molecule has 1 N–H and O–H groups in total. The van der Waals surface area contributed by atoms with Crippen LogP contribution in [0.4, 0.5) is 10.1 Å². The van der Waals surface area contributed by atoms with Gasteiger partial charge in [0.1, 0.15) is 12.0 Å². The summed E-state index contributed by atoms with van der Waals surface area (Å²) in [5.41, 5.74) is 3.10. The number of anilines is 1. The molecule has 0 radical (unpaired) electrons. The molecule has 1 aromatic carbocycles. The van der Waals surface area contributed by atoms with E-state index in [4.69, 9.17) is 4.74 Å². The zero-order chi connectivity index (χ0) is 15.6. The Hall–Kier alpha value is -1.35. The third-order valence-corrected chi connectivity index (χ3v) is 3.90. The molecule has 116 valence electrons. The molecule has 1 aliphatic rings. The summed E-state index contributed by atoms with van der Waals surface area (Å²) >= 11 is 0. The molecule has 0 aliphatic carbocycles. The average Bonchev–Trinajstić information content (AvgIpc) is 2.40. The van der Waals surface area contributed by atoms with Crippen molar-refractivity contribution >= 4 is 11.3 Å². The van der Waals surface area contributed by atoms with Gasteiger partial charge in [-0.2, -0.15) is 0 Å². The molecule has 1 fully saturated rings. The Balaban J connectivity index is 2.37. The Bertz CT molecular complexity index is 525. The van der Waals surface area contributed by atoms with Crippen LogP contribution in [0.2, 0.25) is 0 Å². The lowest BCUT2D eigenvalue weighted by atomic mass is 9.85. The first-order valence-electron chi connectivity index (χ1n) is 7.67. The van der Waals surface area contributed by atoms with Crippen LogP contribution in [-0.2, 0) is 10.2 Å². The van der Waals surface area contributed by atoms with Crippen LogP contribution in [0.15, 0.2) is 18.7 Å². The minimum absolute atomic E-state index is 0.0924. The Morgan fingerprint density at radius 2 is 2.05 bits per heavy atom. The Morgan fingerprint density at radius 1 is 1.33 bits per heavy atom. The molecule has 0 spiro atoms. The maximum atomic E-state index is 14.6. The van der Waals surface area contributed by atoms with Gasteiger partial charge in [-0.25, -0.2) is 4.39 Å². The molecule has 3 heteroatoms. The number of halogens is 1. The highest BCUT2D eigenvalue weighted by molar-refractivity contribution is 5.75. The van der Waals surface area contributed by atoms with Crippen molar-refractivity contribution < 1.29 is 9.13 Å². The number of rotatable bonds is 3. The van der Waals surface area contributed by atoms with Crippen molar-refractivity contribution in [3.8, 4) is 0 Å². The number of allylic oxidation sites excluding steroid dienone is 1. The van der Waals surface area contributed by atoms with Gasteiger partial charge in [0.2, 0.25) is 0 Å². The van der Waals surface area contributed by atoms with Crippen molar-refractivity contribution in [2.45, 2.75) is 58.6 Å². The van der Waals surface area contributed by atoms with E-state index >= 15 is 0 Å². The lowest BCUT2D eigenvalue weighted by molar-refractivity contribution is 0.0341. The van der Waals surface area contributed by atoms with E-state index in [2.05, 4.69) is 32.7 Å². The average molecular weight is 291 g/mol. The number of benzene rings is 1. The van der Waals surface area contributed by atoms with Gasteiger partial charge in [-0.1, -0.05) is 27.4 Å². The Morgan fingerprint density at radius 3 is 2.57 bits per heavy atom. The molecule has 1 atom stereocenters. The van der Waals surface area contributed by atoms with E-state index in [1.165, 1.54) is 0 Å². The molecule has 0 aromatic heterocycles. The predicted molar refractivity (Wildman–Crippen MR) is 87.0 cm³/mol. The largest absolute Gasteiger partial charge is 0.359 e. The second-order valence-electron chi connectivity index (χ2n) is 6.91. The molecule has 1 heterocycles. The first kappa shape index (κ1) is 16.0. The highest BCUT2D eigenvalue weighted by Gasteiger charge is 2.22. The van der Waals surface area contributed by atoms with Crippen LogP contribution in [-0.4, -0.2) is 12.8 Å². The summed E-state index contributed by atoms with van der Waals surface area (Å²) in [6.07, 6.45) is 3.00. The molecule has 2 nitrogen and oxygen atoms in total. The van der Waals surface area contributed by atoms with Gasteiger partial charge in [-0.05, 0) is 54.9 Å². The van der Waals surface area contributed by atoms with E-state index in [9.17, 15) is 4.39 Å². The zero-order valence-corrected chi connectivity index (χ0v) is 13.6. The highest BCUT2D eigenvalue weighted by atomic mass is 19.1.